The first-order chi connectivity index (χ1) is 8.08. The quantitative estimate of drug-likeness (QED) is 0.880. The number of rotatable bonds is 3. The number of hydrogen-bond donors (Lipinski definition) is 1. The molecular formula is C14H18N2O. The van der Waals surface area contributed by atoms with Crippen LogP contribution in [0.15, 0.2) is 36.5 Å². The van der Waals surface area contributed by atoms with E-state index < -0.39 is 6.10 Å². The molecule has 0 spiro atoms. The van der Waals surface area contributed by atoms with Crippen LogP contribution in [0.3, 0.4) is 0 Å². The summed E-state index contributed by atoms with van der Waals surface area (Å²) in [7, 11) is 0. The van der Waals surface area contributed by atoms with Gasteiger partial charge >= 0.3 is 0 Å². The van der Waals surface area contributed by atoms with E-state index in [1.165, 1.54) is 0 Å². The molecule has 2 aromatic rings. The van der Waals surface area contributed by atoms with Crippen LogP contribution in [-0.4, -0.2) is 14.9 Å². The minimum atomic E-state index is -0.423. The van der Waals surface area contributed by atoms with Crippen LogP contribution in [0.1, 0.15) is 44.1 Å². The molecule has 1 aromatic heterocycles. The van der Waals surface area contributed by atoms with Gasteiger partial charge in [0.2, 0.25) is 0 Å². The van der Waals surface area contributed by atoms with Crippen molar-refractivity contribution in [2.24, 2.45) is 0 Å². The Hall–Kier alpha value is -1.61. The third-order valence-electron chi connectivity index (χ3n) is 2.84. The summed E-state index contributed by atoms with van der Waals surface area (Å²) in [5, 5.41) is 13.9. The van der Waals surface area contributed by atoms with Crippen molar-refractivity contribution in [3.63, 3.8) is 0 Å². The van der Waals surface area contributed by atoms with Crippen molar-refractivity contribution in [1.82, 2.24) is 9.78 Å². The molecule has 0 bridgehead atoms. The molecule has 0 fully saturated rings. The van der Waals surface area contributed by atoms with Crippen LogP contribution in [0.25, 0.3) is 5.69 Å². The van der Waals surface area contributed by atoms with E-state index in [9.17, 15) is 5.11 Å². The maximum absolute atomic E-state index is 9.44. The second-order valence-electron chi connectivity index (χ2n) is 4.61. The third kappa shape index (κ3) is 2.56. The Bertz CT molecular complexity index is 483. The summed E-state index contributed by atoms with van der Waals surface area (Å²) in [5.74, 6) is 0.438. The molecule has 0 radical (unpaired) electrons. The molecule has 0 saturated carbocycles. The lowest BCUT2D eigenvalue weighted by molar-refractivity contribution is 0.199. The van der Waals surface area contributed by atoms with Crippen LogP contribution in [-0.2, 0) is 0 Å². The topological polar surface area (TPSA) is 38.0 Å². The lowest BCUT2D eigenvalue weighted by atomic mass is 10.1. The predicted molar refractivity (Wildman–Crippen MR) is 68.3 cm³/mol. The molecule has 90 valence electrons. The Balaban J connectivity index is 2.27. The van der Waals surface area contributed by atoms with Gasteiger partial charge in [0.15, 0.2) is 0 Å². The molecule has 17 heavy (non-hydrogen) atoms. The highest BCUT2D eigenvalue weighted by atomic mass is 16.3. The molecule has 0 aliphatic rings. The highest BCUT2D eigenvalue weighted by molar-refractivity contribution is 5.34. The van der Waals surface area contributed by atoms with Crippen molar-refractivity contribution in [2.75, 3.05) is 0 Å². The second-order valence-corrected chi connectivity index (χ2v) is 4.61. The summed E-state index contributed by atoms with van der Waals surface area (Å²) >= 11 is 0. The Labute approximate surface area is 102 Å². The molecule has 0 aliphatic heterocycles. The van der Waals surface area contributed by atoms with Crippen molar-refractivity contribution >= 4 is 0 Å². The zero-order valence-corrected chi connectivity index (χ0v) is 10.5. The number of nitrogens with zero attached hydrogens (tertiary/aromatic N) is 2. The summed E-state index contributed by atoms with van der Waals surface area (Å²) in [6.07, 6.45) is 1.54. The first-order valence-corrected chi connectivity index (χ1v) is 5.92. The Kier molecular flexibility index (Phi) is 3.29. The molecule has 1 heterocycles. The van der Waals surface area contributed by atoms with Gasteiger partial charge in [0.1, 0.15) is 0 Å². The van der Waals surface area contributed by atoms with Crippen LogP contribution in [0.2, 0.25) is 0 Å². The molecule has 2 rings (SSSR count). The van der Waals surface area contributed by atoms with E-state index in [1.54, 1.807) is 6.92 Å². The van der Waals surface area contributed by atoms with Gasteiger partial charge < -0.3 is 5.11 Å². The Morgan fingerprint density at radius 3 is 2.18 bits per heavy atom. The smallest absolute Gasteiger partial charge is 0.0761 e. The van der Waals surface area contributed by atoms with Gasteiger partial charge in [0, 0.05) is 6.20 Å². The van der Waals surface area contributed by atoms with Gasteiger partial charge in [0.25, 0.3) is 0 Å². The number of aliphatic hydroxyl groups is 1. The maximum Gasteiger partial charge on any atom is 0.0761 e. The van der Waals surface area contributed by atoms with Gasteiger partial charge in [-0.2, -0.15) is 5.10 Å². The minimum absolute atomic E-state index is 0.423. The van der Waals surface area contributed by atoms with E-state index in [1.807, 2.05) is 41.2 Å². The normalized spacial score (nSPS) is 13.0. The van der Waals surface area contributed by atoms with Crippen molar-refractivity contribution in [3.05, 3.63) is 47.8 Å². The van der Waals surface area contributed by atoms with E-state index in [2.05, 4.69) is 18.9 Å². The molecule has 1 aromatic carbocycles. The monoisotopic (exact) mass is 230 g/mol. The van der Waals surface area contributed by atoms with Crippen LogP contribution in [0.5, 0.6) is 0 Å². The van der Waals surface area contributed by atoms with Crippen LogP contribution < -0.4 is 0 Å². The Morgan fingerprint density at radius 2 is 1.71 bits per heavy atom. The molecule has 1 atom stereocenters. The van der Waals surface area contributed by atoms with Gasteiger partial charge in [-0.1, -0.05) is 26.0 Å². The van der Waals surface area contributed by atoms with Gasteiger partial charge in [0.05, 0.1) is 17.5 Å². The highest BCUT2D eigenvalue weighted by Crippen LogP contribution is 2.17. The highest BCUT2D eigenvalue weighted by Gasteiger charge is 2.05. The van der Waals surface area contributed by atoms with Crippen molar-refractivity contribution in [3.8, 4) is 5.69 Å². The number of aliphatic hydroxyl groups excluding tert-OH is 1. The summed E-state index contributed by atoms with van der Waals surface area (Å²) in [5.41, 5.74) is 3.02. The third-order valence-corrected chi connectivity index (χ3v) is 2.84. The lowest BCUT2D eigenvalue weighted by Gasteiger charge is -2.06. The molecule has 0 saturated heterocycles. The molecule has 3 nitrogen and oxygen atoms in total. The molecule has 1 N–H and O–H groups in total. The van der Waals surface area contributed by atoms with Crippen molar-refractivity contribution < 1.29 is 5.11 Å². The van der Waals surface area contributed by atoms with E-state index in [0.717, 1.165) is 16.9 Å². The van der Waals surface area contributed by atoms with Crippen LogP contribution in [0.4, 0.5) is 0 Å². The van der Waals surface area contributed by atoms with E-state index in [4.69, 9.17) is 0 Å². The number of aromatic nitrogens is 2. The summed E-state index contributed by atoms with van der Waals surface area (Å²) in [6, 6.07) is 9.83. The molecule has 0 amide bonds. The molecular weight excluding hydrogens is 212 g/mol. The largest absolute Gasteiger partial charge is 0.389 e. The number of benzene rings is 1. The lowest BCUT2D eigenvalue weighted by Crippen LogP contribution is -1.98. The summed E-state index contributed by atoms with van der Waals surface area (Å²) in [4.78, 5) is 0. The van der Waals surface area contributed by atoms with Gasteiger partial charge in [-0.15, -0.1) is 0 Å². The fourth-order valence-corrected chi connectivity index (χ4v) is 1.70. The zero-order valence-electron chi connectivity index (χ0n) is 10.5. The van der Waals surface area contributed by atoms with Gasteiger partial charge in [-0.3, -0.25) is 0 Å². The fourth-order valence-electron chi connectivity index (χ4n) is 1.70. The van der Waals surface area contributed by atoms with Crippen molar-refractivity contribution in [2.45, 2.75) is 32.8 Å². The van der Waals surface area contributed by atoms with E-state index >= 15 is 0 Å². The van der Waals surface area contributed by atoms with Gasteiger partial charge in [-0.25, -0.2) is 4.68 Å². The van der Waals surface area contributed by atoms with E-state index in [0.29, 0.717) is 5.92 Å². The maximum atomic E-state index is 9.44. The molecule has 3 heteroatoms. The van der Waals surface area contributed by atoms with Crippen molar-refractivity contribution in [1.29, 1.82) is 0 Å². The van der Waals surface area contributed by atoms with Crippen LogP contribution >= 0.6 is 0 Å². The average Bonchev–Trinajstić information content (AvgIpc) is 2.78. The average molecular weight is 230 g/mol. The van der Waals surface area contributed by atoms with Crippen LogP contribution in [0, 0.1) is 0 Å². The first kappa shape index (κ1) is 11.9. The predicted octanol–water partition coefficient (Wildman–Crippen LogP) is 3.05. The van der Waals surface area contributed by atoms with E-state index in [-0.39, 0.29) is 0 Å². The fraction of sp³-hybridized carbons (Fsp3) is 0.357. The number of hydrogen-bond acceptors (Lipinski definition) is 2. The molecule has 0 unspecified atom stereocenters. The Morgan fingerprint density at radius 1 is 1.06 bits per heavy atom. The molecule has 0 aliphatic carbocycles. The first-order valence-electron chi connectivity index (χ1n) is 5.92. The summed E-state index contributed by atoms with van der Waals surface area (Å²) in [6.45, 7) is 6.02. The SMILES string of the molecule is CC(C)c1ccn(-c2ccc([C@H](C)O)cc2)n1. The second kappa shape index (κ2) is 4.72. The zero-order chi connectivity index (χ0) is 12.4. The minimum Gasteiger partial charge on any atom is -0.389 e. The standard InChI is InChI=1S/C14H18N2O/c1-10(2)14-8-9-16(15-14)13-6-4-12(5-7-13)11(3)17/h4-11,17H,1-3H3/t11-/m0/s1. The van der Waals surface area contributed by atoms with Gasteiger partial charge in [-0.05, 0) is 36.6 Å². The summed E-state index contributed by atoms with van der Waals surface area (Å²) < 4.78 is 1.86.